The van der Waals surface area contributed by atoms with Gasteiger partial charge in [0.2, 0.25) is 0 Å². The number of likely N-dealkylation sites (tertiary alicyclic amines) is 2. The molecule has 2 aliphatic rings. The van der Waals surface area contributed by atoms with Crippen LogP contribution in [0.1, 0.15) is 42.9 Å². The number of nitrogens with zero attached hydrogens (tertiary/aromatic N) is 3. The summed E-state index contributed by atoms with van der Waals surface area (Å²) in [5.74, 6) is 1.53. The van der Waals surface area contributed by atoms with Crippen LogP contribution >= 0.6 is 0 Å². The molecule has 28 heavy (non-hydrogen) atoms. The highest BCUT2D eigenvalue weighted by Gasteiger charge is 2.47. The van der Waals surface area contributed by atoms with Gasteiger partial charge in [-0.25, -0.2) is 0 Å². The Hall–Kier alpha value is -2.34. The molecule has 1 N–H and O–H groups in total. The van der Waals surface area contributed by atoms with Crippen LogP contribution in [0.5, 0.6) is 5.75 Å². The molecule has 2 atom stereocenters. The first-order chi connectivity index (χ1) is 13.5. The molecule has 2 aliphatic heterocycles. The van der Waals surface area contributed by atoms with Crippen LogP contribution in [0.25, 0.3) is 0 Å². The lowest BCUT2D eigenvalue weighted by Crippen LogP contribution is -2.68. The van der Waals surface area contributed by atoms with E-state index >= 15 is 0 Å². The summed E-state index contributed by atoms with van der Waals surface area (Å²) in [6.45, 7) is 8.98. The number of aromatic nitrogens is 2. The number of carbonyl (C=O) groups excluding carboxylic acids is 1. The van der Waals surface area contributed by atoms with E-state index in [0.29, 0.717) is 23.7 Å². The molecule has 0 spiro atoms. The second-order valence-corrected chi connectivity index (χ2v) is 8.32. The average Bonchev–Trinajstić information content (AvgIpc) is 3.12. The Morgan fingerprint density at radius 2 is 1.93 bits per heavy atom. The summed E-state index contributed by atoms with van der Waals surface area (Å²) in [6.07, 6.45) is 2.25. The number of H-pyrrole nitrogens is 1. The lowest BCUT2D eigenvalue weighted by Gasteiger charge is -2.54. The van der Waals surface area contributed by atoms with Crippen molar-refractivity contribution in [3.05, 3.63) is 47.8 Å². The van der Waals surface area contributed by atoms with Gasteiger partial charge in [-0.2, -0.15) is 5.10 Å². The van der Waals surface area contributed by atoms with Crippen molar-refractivity contribution in [2.75, 3.05) is 19.6 Å². The van der Waals surface area contributed by atoms with Crippen molar-refractivity contribution in [2.45, 2.75) is 51.8 Å². The van der Waals surface area contributed by atoms with E-state index in [9.17, 15) is 4.79 Å². The number of para-hydroxylation sites is 1. The lowest BCUT2D eigenvalue weighted by atomic mass is 9.79. The van der Waals surface area contributed by atoms with Gasteiger partial charge in [-0.15, -0.1) is 0 Å². The number of rotatable bonds is 5. The number of nitrogens with one attached hydrogen (secondary N) is 1. The Morgan fingerprint density at radius 3 is 2.54 bits per heavy atom. The number of hydrogen-bond acceptors (Lipinski definition) is 4. The summed E-state index contributed by atoms with van der Waals surface area (Å²) >= 11 is 0. The van der Waals surface area contributed by atoms with Crippen LogP contribution < -0.4 is 4.74 Å². The molecular formula is C22H30N4O2. The van der Waals surface area contributed by atoms with Crippen molar-refractivity contribution in [3.63, 3.8) is 0 Å². The Labute approximate surface area is 166 Å². The predicted molar refractivity (Wildman–Crippen MR) is 108 cm³/mol. The van der Waals surface area contributed by atoms with Crippen LogP contribution in [0.4, 0.5) is 0 Å². The molecule has 4 rings (SSSR count). The zero-order valence-corrected chi connectivity index (χ0v) is 17.0. The molecule has 1 aromatic heterocycles. The Balaban J connectivity index is 1.39. The molecule has 0 radical (unpaired) electrons. The lowest BCUT2D eigenvalue weighted by molar-refractivity contribution is -0.0983. The van der Waals surface area contributed by atoms with Crippen molar-refractivity contribution in [1.82, 2.24) is 20.0 Å². The monoisotopic (exact) mass is 382 g/mol. The smallest absolute Gasteiger partial charge is 0.274 e. The second-order valence-electron chi connectivity index (χ2n) is 8.32. The average molecular weight is 383 g/mol. The molecule has 0 aliphatic carbocycles. The molecular weight excluding hydrogens is 352 g/mol. The number of piperidine rings is 1. The number of carbonyl (C=O) groups is 1. The molecule has 2 aromatic rings. The van der Waals surface area contributed by atoms with Gasteiger partial charge >= 0.3 is 0 Å². The third-order valence-electron chi connectivity index (χ3n) is 6.08. The number of benzene rings is 1. The van der Waals surface area contributed by atoms with E-state index in [1.54, 1.807) is 0 Å². The van der Waals surface area contributed by atoms with E-state index in [2.05, 4.69) is 28.9 Å². The van der Waals surface area contributed by atoms with Gasteiger partial charge in [0.1, 0.15) is 17.5 Å². The fraction of sp³-hybridized carbons (Fsp3) is 0.545. The maximum atomic E-state index is 12.7. The largest absolute Gasteiger partial charge is 0.487 e. The maximum absolute atomic E-state index is 12.7. The predicted octanol–water partition coefficient (Wildman–Crippen LogP) is 3.11. The number of amides is 1. The molecule has 0 unspecified atom stereocenters. The Bertz CT molecular complexity index is 796. The number of ether oxygens (including phenoxy) is 1. The highest BCUT2D eigenvalue weighted by atomic mass is 16.5. The van der Waals surface area contributed by atoms with E-state index in [1.807, 2.05) is 48.2 Å². The van der Waals surface area contributed by atoms with E-state index in [0.717, 1.165) is 43.9 Å². The van der Waals surface area contributed by atoms with E-state index in [-0.39, 0.29) is 12.0 Å². The zero-order chi connectivity index (χ0) is 19.7. The fourth-order valence-corrected chi connectivity index (χ4v) is 4.56. The first kappa shape index (κ1) is 19.0. The molecule has 150 valence electrons. The topological polar surface area (TPSA) is 61.5 Å². The summed E-state index contributed by atoms with van der Waals surface area (Å²) in [5, 5.41) is 6.98. The van der Waals surface area contributed by atoms with E-state index < -0.39 is 0 Å². The van der Waals surface area contributed by atoms with Crippen molar-refractivity contribution >= 4 is 5.91 Å². The Morgan fingerprint density at radius 1 is 1.21 bits per heavy atom. The van der Waals surface area contributed by atoms with Gasteiger partial charge in [0.15, 0.2) is 0 Å². The number of aromatic amines is 1. The summed E-state index contributed by atoms with van der Waals surface area (Å²) < 4.78 is 6.31. The van der Waals surface area contributed by atoms with Crippen LogP contribution in [-0.4, -0.2) is 63.7 Å². The summed E-state index contributed by atoms with van der Waals surface area (Å²) in [5.41, 5.74) is 1.44. The summed E-state index contributed by atoms with van der Waals surface area (Å²) in [6, 6.07) is 12.9. The molecule has 0 bridgehead atoms. The molecule has 2 saturated heterocycles. The molecule has 0 saturated carbocycles. The first-order valence-electron chi connectivity index (χ1n) is 10.3. The van der Waals surface area contributed by atoms with Crippen LogP contribution in [0.2, 0.25) is 0 Å². The maximum Gasteiger partial charge on any atom is 0.274 e. The third kappa shape index (κ3) is 3.78. The minimum atomic E-state index is 0.0363. The van der Waals surface area contributed by atoms with Crippen LogP contribution in [0.15, 0.2) is 36.4 Å². The van der Waals surface area contributed by atoms with Gasteiger partial charge in [-0.3, -0.25) is 14.8 Å². The number of hydrogen-bond donors (Lipinski definition) is 1. The third-order valence-corrected chi connectivity index (χ3v) is 6.08. The molecule has 6 nitrogen and oxygen atoms in total. The standard InChI is InChI=1S/C22H30N4O2/c1-15(2)26-14-20(28-18-7-5-4-6-8-18)21(26)17-9-11-25(12-10-17)22(27)19-13-16(3)23-24-19/h4-8,13,15,17,20-21H,9-12,14H2,1-3H3,(H,23,24)/t20-,21-/m0/s1. The van der Waals surface area contributed by atoms with Crippen molar-refractivity contribution in [3.8, 4) is 5.75 Å². The van der Waals surface area contributed by atoms with Crippen LogP contribution in [-0.2, 0) is 0 Å². The Kier molecular flexibility index (Phi) is 5.40. The van der Waals surface area contributed by atoms with E-state index in [1.165, 1.54) is 0 Å². The molecule has 1 aromatic carbocycles. The highest BCUT2D eigenvalue weighted by Crippen LogP contribution is 2.36. The normalized spacial score (nSPS) is 23.6. The van der Waals surface area contributed by atoms with Crippen molar-refractivity contribution < 1.29 is 9.53 Å². The van der Waals surface area contributed by atoms with Crippen LogP contribution in [0, 0.1) is 12.8 Å². The molecule has 6 heteroatoms. The summed E-state index contributed by atoms with van der Waals surface area (Å²) in [4.78, 5) is 17.1. The second kappa shape index (κ2) is 7.95. The van der Waals surface area contributed by atoms with Gasteiger partial charge in [-0.1, -0.05) is 18.2 Å². The molecule has 1 amide bonds. The summed E-state index contributed by atoms with van der Waals surface area (Å²) in [7, 11) is 0. The van der Waals surface area contributed by atoms with Gasteiger partial charge in [0.25, 0.3) is 5.91 Å². The van der Waals surface area contributed by atoms with Gasteiger partial charge < -0.3 is 9.64 Å². The van der Waals surface area contributed by atoms with Crippen molar-refractivity contribution in [1.29, 1.82) is 0 Å². The quantitative estimate of drug-likeness (QED) is 0.863. The zero-order valence-electron chi connectivity index (χ0n) is 17.0. The van der Waals surface area contributed by atoms with Crippen LogP contribution in [0.3, 0.4) is 0 Å². The van der Waals surface area contributed by atoms with E-state index in [4.69, 9.17) is 4.74 Å². The van der Waals surface area contributed by atoms with Gasteiger partial charge in [0.05, 0.1) is 6.04 Å². The van der Waals surface area contributed by atoms with Crippen molar-refractivity contribution in [2.24, 2.45) is 5.92 Å². The molecule has 2 fully saturated rings. The fourth-order valence-electron chi connectivity index (χ4n) is 4.56. The minimum absolute atomic E-state index is 0.0363. The number of aryl methyl sites for hydroxylation is 1. The molecule has 3 heterocycles. The minimum Gasteiger partial charge on any atom is -0.487 e. The highest BCUT2D eigenvalue weighted by molar-refractivity contribution is 5.92. The van der Waals surface area contributed by atoms with Gasteiger partial charge in [0, 0.05) is 31.4 Å². The SMILES string of the molecule is Cc1cc(C(=O)N2CCC([C@H]3[C@@H](Oc4ccccc4)CN3C(C)C)CC2)n[nH]1. The first-order valence-corrected chi connectivity index (χ1v) is 10.3. The van der Waals surface area contributed by atoms with Gasteiger partial charge in [-0.05, 0) is 57.7 Å².